The van der Waals surface area contributed by atoms with Gasteiger partial charge in [0.05, 0.1) is 10.6 Å². The predicted molar refractivity (Wildman–Crippen MR) is 85.8 cm³/mol. The molecule has 3 aromatic heterocycles. The van der Waals surface area contributed by atoms with Gasteiger partial charge in [-0.1, -0.05) is 17.7 Å². The number of thiophene rings is 1. The van der Waals surface area contributed by atoms with E-state index in [0.717, 1.165) is 27.9 Å². The number of furan rings is 1. The van der Waals surface area contributed by atoms with E-state index >= 15 is 0 Å². The molecule has 5 heteroatoms. The molecule has 0 bridgehead atoms. The van der Waals surface area contributed by atoms with E-state index in [4.69, 9.17) is 16.0 Å². The molecule has 0 radical (unpaired) electrons. The Morgan fingerprint density at radius 1 is 1.24 bits per heavy atom. The smallest absolute Gasteiger partial charge is 0.126 e. The van der Waals surface area contributed by atoms with Crippen molar-refractivity contribution in [2.45, 2.75) is 12.5 Å². The molecule has 3 heterocycles. The predicted octanol–water partition coefficient (Wildman–Crippen LogP) is 4.31. The molecule has 0 aliphatic heterocycles. The minimum atomic E-state index is 0.0363. The summed E-state index contributed by atoms with van der Waals surface area (Å²) in [6, 6.07) is 11.9. The second-order valence-electron chi connectivity index (χ2n) is 4.66. The summed E-state index contributed by atoms with van der Waals surface area (Å²) < 4.78 is 6.34. The van der Waals surface area contributed by atoms with E-state index in [1.807, 2.05) is 36.5 Å². The van der Waals surface area contributed by atoms with Crippen molar-refractivity contribution < 1.29 is 4.42 Å². The van der Waals surface area contributed by atoms with Gasteiger partial charge in [0.1, 0.15) is 11.8 Å². The van der Waals surface area contributed by atoms with E-state index in [1.165, 1.54) is 5.56 Å². The van der Waals surface area contributed by atoms with Gasteiger partial charge in [-0.25, -0.2) is 0 Å². The first-order valence-corrected chi connectivity index (χ1v) is 7.93. The Morgan fingerprint density at radius 2 is 2.19 bits per heavy atom. The lowest BCUT2D eigenvalue weighted by Crippen LogP contribution is -2.23. The molecular weight excluding hydrogens is 304 g/mol. The van der Waals surface area contributed by atoms with Crippen LogP contribution in [0.5, 0.6) is 0 Å². The zero-order valence-corrected chi connectivity index (χ0v) is 12.9. The maximum absolute atomic E-state index is 6.05. The van der Waals surface area contributed by atoms with Crippen molar-refractivity contribution in [2.24, 2.45) is 0 Å². The second-order valence-corrected chi connectivity index (χ2v) is 6.40. The molecular formula is C16H15ClN2OS. The van der Waals surface area contributed by atoms with Gasteiger partial charge < -0.3 is 9.73 Å². The molecule has 0 aromatic carbocycles. The average Bonchev–Trinajstić information content (AvgIpc) is 3.16. The van der Waals surface area contributed by atoms with Crippen LogP contribution in [0.25, 0.3) is 0 Å². The van der Waals surface area contributed by atoms with Crippen molar-refractivity contribution in [3.05, 3.63) is 75.6 Å². The fraction of sp³-hybridized carbons (Fsp3) is 0.188. The summed E-state index contributed by atoms with van der Waals surface area (Å²) in [5, 5.41) is 3.53. The first-order valence-electron chi connectivity index (χ1n) is 6.74. The van der Waals surface area contributed by atoms with Crippen LogP contribution in [0.1, 0.15) is 22.2 Å². The third kappa shape index (κ3) is 3.73. The molecule has 21 heavy (non-hydrogen) atoms. The molecule has 0 aliphatic carbocycles. The number of nitrogens with one attached hydrogen (secondary N) is 1. The highest BCUT2D eigenvalue weighted by Gasteiger charge is 2.18. The van der Waals surface area contributed by atoms with Gasteiger partial charge in [-0.2, -0.15) is 0 Å². The van der Waals surface area contributed by atoms with E-state index in [0.29, 0.717) is 0 Å². The van der Waals surface area contributed by atoms with Crippen LogP contribution in [0.3, 0.4) is 0 Å². The molecule has 0 saturated carbocycles. The van der Waals surface area contributed by atoms with Crippen molar-refractivity contribution >= 4 is 22.9 Å². The lowest BCUT2D eigenvalue weighted by atomic mass is 10.1. The first-order chi connectivity index (χ1) is 10.3. The highest BCUT2D eigenvalue weighted by atomic mass is 35.5. The Balaban J connectivity index is 1.68. The molecule has 0 amide bonds. The number of pyridine rings is 1. The van der Waals surface area contributed by atoms with Crippen LogP contribution in [0.15, 0.2) is 59.5 Å². The molecule has 0 fully saturated rings. The van der Waals surface area contributed by atoms with Crippen molar-refractivity contribution in [1.82, 2.24) is 10.3 Å². The molecule has 3 rings (SSSR count). The van der Waals surface area contributed by atoms with Crippen LogP contribution in [0.4, 0.5) is 0 Å². The van der Waals surface area contributed by atoms with E-state index in [-0.39, 0.29) is 6.04 Å². The van der Waals surface area contributed by atoms with Gasteiger partial charge in [0.15, 0.2) is 0 Å². The van der Waals surface area contributed by atoms with Gasteiger partial charge in [0.2, 0.25) is 0 Å². The van der Waals surface area contributed by atoms with Gasteiger partial charge in [0.25, 0.3) is 0 Å². The second kappa shape index (κ2) is 6.89. The van der Waals surface area contributed by atoms with Crippen molar-refractivity contribution in [1.29, 1.82) is 0 Å². The van der Waals surface area contributed by atoms with Crippen LogP contribution < -0.4 is 5.32 Å². The largest absolute Gasteiger partial charge is 0.467 e. The monoisotopic (exact) mass is 318 g/mol. The van der Waals surface area contributed by atoms with Crippen molar-refractivity contribution in [2.75, 3.05) is 6.54 Å². The SMILES string of the molecule is Clc1ccc(C(NCCc2cccnc2)c2ccco2)s1. The summed E-state index contributed by atoms with van der Waals surface area (Å²) >= 11 is 7.62. The molecule has 0 spiro atoms. The third-order valence-electron chi connectivity index (χ3n) is 3.19. The Hall–Kier alpha value is -1.62. The van der Waals surface area contributed by atoms with Crippen molar-refractivity contribution in [3.63, 3.8) is 0 Å². The van der Waals surface area contributed by atoms with E-state index in [1.54, 1.807) is 23.8 Å². The summed E-state index contributed by atoms with van der Waals surface area (Å²) in [4.78, 5) is 5.29. The molecule has 0 aliphatic rings. The fourth-order valence-electron chi connectivity index (χ4n) is 2.19. The number of rotatable bonds is 6. The quantitative estimate of drug-likeness (QED) is 0.736. The summed E-state index contributed by atoms with van der Waals surface area (Å²) in [6.07, 6.45) is 6.30. The normalized spacial score (nSPS) is 12.4. The molecule has 0 saturated heterocycles. The Kier molecular flexibility index (Phi) is 4.70. The van der Waals surface area contributed by atoms with Crippen LogP contribution in [-0.2, 0) is 6.42 Å². The Labute approximate surface area is 132 Å². The highest BCUT2D eigenvalue weighted by molar-refractivity contribution is 7.16. The van der Waals surface area contributed by atoms with Gasteiger partial charge in [-0.3, -0.25) is 4.98 Å². The number of aromatic nitrogens is 1. The number of hydrogen-bond acceptors (Lipinski definition) is 4. The molecule has 1 atom stereocenters. The van der Waals surface area contributed by atoms with Gasteiger partial charge in [-0.05, 0) is 42.3 Å². The average molecular weight is 319 g/mol. The lowest BCUT2D eigenvalue weighted by molar-refractivity contribution is 0.451. The summed E-state index contributed by atoms with van der Waals surface area (Å²) in [7, 11) is 0. The van der Waals surface area contributed by atoms with E-state index < -0.39 is 0 Å². The molecule has 3 aromatic rings. The fourth-order valence-corrected chi connectivity index (χ4v) is 3.33. The zero-order chi connectivity index (χ0) is 14.5. The molecule has 108 valence electrons. The summed E-state index contributed by atoms with van der Waals surface area (Å²) in [6.45, 7) is 0.840. The minimum absolute atomic E-state index is 0.0363. The number of nitrogens with zero attached hydrogens (tertiary/aromatic N) is 1. The van der Waals surface area contributed by atoms with E-state index in [2.05, 4.69) is 16.4 Å². The Bertz CT molecular complexity index is 667. The molecule has 1 N–H and O–H groups in total. The summed E-state index contributed by atoms with van der Waals surface area (Å²) in [5.41, 5.74) is 1.22. The zero-order valence-electron chi connectivity index (χ0n) is 11.3. The van der Waals surface area contributed by atoms with Gasteiger partial charge >= 0.3 is 0 Å². The van der Waals surface area contributed by atoms with Gasteiger partial charge in [0, 0.05) is 23.8 Å². The van der Waals surface area contributed by atoms with Crippen LogP contribution in [-0.4, -0.2) is 11.5 Å². The first kappa shape index (κ1) is 14.3. The third-order valence-corrected chi connectivity index (χ3v) is 4.49. The molecule has 1 unspecified atom stereocenters. The lowest BCUT2D eigenvalue weighted by Gasteiger charge is -2.15. The molecule has 3 nitrogen and oxygen atoms in total. The maximum atomic E-state index is 6.05. The number of halogens is 1. The standard InChI is InChI=1S/C16H15ClN2OS/c17-15-6-5-14(21-15)16(13-4-2-10-20-13)19-9-7-12-3-1-8-18-11-12/h1-6,8,10-11,16,19H,7,9H2. The highest BCUT2D eigenvalue weighted by Crippen LogP contribution is 2.31. The van der Waals surface area contributed by atoms with Crippen LogP contribution in [0, 0.1) is 0 Å². The Morgan fingerprint density at radius 3 is 2.86 bits per heavy atom. The van der Waals surface area contributed by atoms with Gasteiger partial charge in [-0.15, -0.1) is 11.3 Å². The van der Waals surface area contributed by atoms with Crippen molar-refractivity contribution in [3.8, 4) is 0 Å². The minimum Gasteiger partial charge on any atom is -0.467 e. The topological polar surface area (TPSA) is 38.1 Å². The van der Waals surface area contributed by atoms with Crippen LogP contribution in [0.2, 0.25) is 4.34 Å². The number of hydrogen-bond donors (Lipinski definition) is 1. The van der Waals surface area contributed by atoms with E-state index in [9.17, 15) is 0 Å². The van der Waals surface area contributed by atoms with Crippen LogP contribution >= 0.6 is 22.9 Å². The maximum Gasteiger partial charge on any atom is 0.126 e. The summed E-state index contributed by atoms with van der Waals surface area (Å²) in [5.74, 6) is 0.903.